The van der Waals surface area contributed by atoms with Crippen LogP contribution in [0.5, 0.6) is 0 Å². The number of rotatable bonds is 2. The van der Waals surface area contributed by atoms with Gasteiger partial charge in [0, 0.05) is 0 Å². The topological polar surface area (TPSA) is 75.3 Å². The minimum Gasteiger partial charge on any atom is -0.277 e. The number of urea groups is 1. The molecule has 0 spiro atoms. The molecule has 4 amide bonds. The fourth-order valence-corrected chi connectivity index (χ4v) is 0.522. The molecule has 0 heterocycles. The lowest BCUT2D eigenvalue weighted by Gasteiger charge is -2.01. The minimum atomic E-state index is -0.854. The van der Waals surface area contributed by atoms with Gasteiger partial charge in [0.05, 0.1) is 11.5 Å². The molecule has 0 bridgehead atoms. The Hall–Kier alpha value is -0.690. The van der Waals surface area contributed by atoms with Crippen LogP contribution < -0.4 is 10.6 Å². The third-order valence-electron chi connectivity index (χ3n) is 0.793. The maximum Gasteiger partial charge on any atom is 0.328 e. The highest BCUT2D eigenvalue weighted by Gasteiger charge is 2.07. The molecular formula is C5H8N2O3S2. The molecule has 0 aliphatic heterocycles. The molecule has 0 aromatic heterocycles. The average Bonchev–Trinajstić information content (AvgIpc) is 2.03. The Morgan fingerprint density at radius 2 is 1.25 bits per heavy atom. The summed E-state index contributed by atoms with van der Waals surface area (Å²) in [4.78, 5) is 31.7. The third-order valence-corrected chi connectivity index (χ3v) is 1.37. The van der Waals surface area contributed by atoms with Crippen molar-refractivity contribution in [3.63, 3.8) is 0 Å². The van der Waals surface area contributed by atoms with Crippen LogP contribution in [0.4, 0.5) is 4.79 Å². The van der Waals surface area contributed by atoms with E-state index in [9.17, 15) is 14.4 Å². The van der Waals surface area contributed by atoms with E-state index in [4.69, 9.17) is 0 Å². The smallest absolute Gasteiger partial charge is 0.277 e. The van der Waals surface area contributed by atoms with Crippen LogP contribution in [0.1, 0.15) is 0 Å². The van der Waals surface area contributed by atoms with Gasteiger partial charge in [-0.05, 0) is 0 Å². The Labute approximate surface area is 80.1 Å². The fourth-order valence-electron chi connectivity index (χ4n) is 0.364. The van der Waals surface area contributed by atoms with Crippen molar-refractivity contribution in [1.29, 1.82) is 0 Å². The summed E-state index contributed by atoms with van der Waals surface area (Å²) in [7, 11) is 0. The van der Waals surface area contributed by atoms with Gasteiger partial charge in [0.25, 0.3) is 0 Å². The summed E-state index contributed by atoms with van der Waals surface area (Å²) < 4.78 is 0. The van der Waals surface area contributed by atoms with Crippen molar-refractivity contribution in [2.45, 2.75) is 0 Å². The van der Waals surface area contributed by atoms with Crippen LogP contribution in [-0.4, -0.2) is 29.4 Å². The van der Waals surface area contributed by atoms with E-state index in [0.717, 1.165) is 0 Å². The molecule has 12 heavy (non-hydrogen) atoms. The van der Waals surface area contributed by atoms with Gasteiger partial charge in [0.1, 0.15) is 0 Å². The Bertz CT molecular complexity index is 187. The molecule has 68 valence electrons. The van der Waals surface area contributed by atoms with Gasteiger partial charge in [0.15, 0.2) is 0 Å². The molecule has 0 fully saturated rings. The fraction of sp³-hybridized carbons (Fsp3) is 0.400. The summed E-state index contributed by atoms with van der Waals surface area (Å²) in [6, 6.07) is -0.854. The molecule has 0 unspecified atom stereocenters. The van der Waals surface area contributed by atoms with Crippen molar-refractivity contribution in [3.8, 4) is 0 Å². The van der Waals surface area contributed by atoms with Crippen molar-refractivity contribution in [3.05, 3.63) is 0 Å². The summed E-state index contributed by atoms with van der Waals surface area (Å²) in [6.45, 7) is 0. The van der Waals surface area contributed by atoms with Gasteiger partial charge in [-0.2, -0.15) is 25.3 Å². The first-order valence-corrected chi connectivity index (χ1v) is 4.22. The summed E-state index contributed by atoms with van der Waals surface area (Å²) in [5.74, 6) is -1.35. The largest absolute Gasteiger partial charge is 0.328 e. The lowest BCUT2D eigenvalue weighted by molar-refractivity contribution is -0.118. The molecule has 0 aromatic rings. The van der Waals surface area contributed by atoms with Gasteiger partial charge in [-0.3, -0.25) is 20.2 Å². The monoisotopic (exact) mass is 208 g/mol. The highest BCUT2D eigenvalue weighted by atomic mass is 32.1. The van der Waals surface area contributed by atoms with Gasteiger partial charge < -0.3 is 0 Å². The summed E-state index contributed by atoms with van der Waals surface area (Å²) in [6.07, 6.45) is 0. The molecule has 0 aromatic carbocycles. The summed E-state index contributed by atoms with van der Waals surface area (Å²) in [5, 5.41) is 3.75. The van der Waals surface area contributed by atoms with Crippen LogP contribution in [-0.2, 0) is 9.59 Å². The quantitative estimate of drug-likeness (QED) is 0.449. The van der Waals surface area contributed by atoms with Crippen LogP contribution in [0.25, 0.3) is 0 Å². The van der Waals surface area contributed by atoms with Gasteiger partial charge in [-0.25, -0.2) is 4.79 Å². The average molecular weight is 208 g/mol. The third kappa shape index (κ3) is 5.03. The van der Waals surface area contributed by atoms with E-state index in [1.165, 1.54) is 0 Å². The van der Waals surface area contributed by atoms with E-state index in [1.807, 2.05) is 10.6 Å². The van der Waals surface area contributed by atoms with Crippen LogP contribution in [0, 0.1) is 0 Å². The standard InChI is InChI=1S/C5H8N2O3S2/c8-3(1-11)6-5(10)7-4(9)2-12/h11-12H,1-2H2,(H2,6,7,8,9,10). The van der Waals surface area contributed by atoms with Crippen LogP contribution in [0.15, 0.2) is 0 Å². The molecule has 5 nitrogen and oxygen atoms in total. The number of carbonyl (C=O) groups excluding carboxylic acids is 3. The first-order chi connectivity index (χ1) is 5.60. The van der Waals surface area contributed by atoms with E-state index in [1.54, 1.807) is 0 Å². The molecule has 0 atom stereocenters. The van der Waals surface area contributed by atoms with Crippen molar-refractivity contribution in [2.24, 2.45) is 0 Å². The van der Waals surface area contributed by atoms with E-state index >= 15 is 0 Å². The molecule has 2 N–H and O–H groups in total. The van der Waals surface area contributed by atoms with Gasteiger partial charge in [-0.15, -0.1) is 0 Å². The predicted octanol–water partition coefficient (Wildman–Crippen LogP) is -0.802. The molecule has 0 aliphatic carbocycles. The molecule has 0 rings (SSSR count). The van der Waals surface area contributed by atoms with Crippen molar-refractivity contribution in [1.82, 2.24) is 10.6 Å². The molecular weight excluding hydrogens is 200 g/mol. The maximum absolute atomic E-state index is 10.6. The second-order valence-electron chi connectivity index (χ2n) is 1.74. The number of thiol groups is 2. The Kier molecular flexibility index (Phi) is 5.56. The van der Waals surface area contributed by atoms with Gasteiger partial charge in [0.2, 0.25) is 11.8 Å². The van der Waals surface area contributed by atoms with Crippen LogP contribution in [0.3, 0.4) is 0 Å². The lowest BCUT2D eigenvalue weighted by Crippen LogP contribution is -2.43. The van der Waals surface area contributed by atoms with Crippen LogP contribution >= 0.6 is 25.3 Å². The zero-order chi connectivity index (χ0) is 9.56. The Morgan fingerprint density at radius 1 is 0.917 bits per heavy atom. The normalized spacial score (nSPS) is 8.83. The number of hydrogen-bond acceptors (Lipinski definition) is 5. The first kappa shape index (κ1) is 11.3. The van der Waals surface area contributed by atoms with Gasteiger partial charge >= 0.3 is 6.03 Å². The molecule has 0 saturated heterocycles. The number of amides is 4. The number of hydrogen-bond donors (Lipinski definition) is 4. The minimum absolute atomic E-state index is 0.109. The Balaban J connectivity index is 3.74. The van der Waals surface area contributed by atoms with Crippen molar-refractivity contribution >= 4 is 43.1 Å². The molecule has 0 aliphatic rings. The van der Waals surface area contributed by atoms with E-state index < -0.39 is 17.8 Å². The van der Waals surface area contributed by atoms with E-state index in [-0.39, 0.29) is 11.5 Å². The molecule has 7 heteroatoms. The SMILES string of the molecule is O=C(CS)NC(=O)NC(=O)CS. The predicted molar refractivity (Wildman–Crippen MR) is 49.4 cm³/mol. The number of nitrogens with one attached hydrogen (secondary N) is 2. The highest BCUT2D eigenvalue weighted by molar-refractivity contribution is 7.81. The number of imide groups is 2. The van der Waals surface area contributed by atoms with Crippen molar-refractivity contribution in [2.75, 3.05) is 11.5 Å². The Morgan fingerprint density at radius 3 is 1.50 bits per heavy atom. The van der Waals surface area contributed by atoms with E-state index in [2.05, 4.69) is 25.3 Å². The summed E-state index contributed by atoms with van der Waals surface area (Å²) >= 11 is 7.22. The van der Waals surface area contributed by atoms with Crippen LogP contribution in [0.2, 0.25) is 0 Å². The lowest BCUT2D eigenvalue weighted by atomic mass is 10.6. The van der Waals surface area contributed by atoms with Crippen molar-refractivity contribution < 1.29 is 14.4 Å². The second kappa shape index (κ2) is 5.90. The second-order valence-corrected chi connectivity index (χ2v) is 2.37. The zero-order valence-corrected chi connectivity index (χ0v) is 7.82. The zero-order valence-electron chi connectivity index (χ0n) is 6.03. The molecule has 0 radical (unpaired) electrons. The summed E-state index contributed by atoms with van der Waals surface area (Å²) in [5.41, 5.74) is 0. The number of carbonyl (C=O) groups is 3. The first-order valence-electron chi connectivity index (χ1n) is 2.95. The van der Waals surface area contributed by atoms with Gasteiger partial charge in [-0.1, -0.05) is 0 Å². The molecule has 0 saturated carbocycles. The highest BCUT2D eigenvalue weighted by Crippen LogP contribution is 1.76. The van der Waals surface area contributed by atoms with E-state index in [0.29, 0.717) is 0 Å². The maximum atomic E-state index is 10.6.